The largest absolute Gasteiger partial charge is 0.382 e. The molecule has 0 aliphatic rings. The minimum atomic E-state index is -0.150. The SMILES string of the molecule is CCNC(=O)c1cc(NC(C)CCN)ccn1. The zero-order valence-corrected chi connectivity index (χ0v) is 10.4. The minimum absolute atomic E-state index is 0.150. The van der Waals surface area contributed by atoms with E-state index >= 15 is 0 Å². The third-order valence-electron chi connectivity index (χ3n) is 2.34. The summed E-state index contributed by atoms with van der Waals surface area (Å²) in [5.41, 5.74) is 6.80. The lowest BCUT2D eigenvalue weighted by molar-refractivity contribution is 0.0951. The number of anilines is 1. The summed E-state index contributed by atoms with van der Waals surface area (Å²) in [5.74, 6) is -0.150. The molecule has 0 aliphatic heterocycles. The molecule has 5 nitrogen and oxygen atoms in total. The molecule has 0 aromatic carbocycles. The lowest BCUT2D eigenvalue weighted by Crippen LogP contribution is -2.24. The van der Waals surface area contributed by atoms with Crippen LogP contribution in [-0.4, -0.2) is 30.0 Å². The molecule has 0 saturated heterocycles. The summed E-state index contributed by atoms with van der Waals surface area (Å²) in [6, 6.07) is 3.87. The number of nitrogens with zero attached hydrogens (tertiary/aromatic N) is 1. The van der Waals surface area contributed by atoms with Gasteiger partial charge in [-0.2, -0.15) is 0 Å². The van der Waals surface area contributed by atoms with E-state index < -0.39 is 0 Å². The number of amides is 1. The van der Waals surface area contributed by atoms with Crippen molar-refractivity contribution in [3.8, 4) is 0 Å². The van der Waals surface area contributed by atoms with Crippen LogP contribution in [0, 0.1) is 0 Å². The van der Waals surface area contributed by atoms with Crippen LogP contribution in [0.5, 0.6) is 0 Å². The van der Waals surface area contributed by atoms with Crippen LogP contribution in [0.4, 0.5) is 5.69 Å². The molecular formula is C12H20N4O. The second-order valence-electron chi connectivity index (χ2n) is 3.91. The number of hydrogen-bond donors (Lipinski definition) is 3. The third-order valence-corrected chi connectivity index (χ3v) is 2.34. The number of pyridine rings is 1. The van der Waals surface area contributed by atoms with E-state index in [1.165, 1.54) is 0 Å². The van der Waals surface area contributed by atoms with Gasteiger partial charge in [-0.05, 0) is 38.9 Å². The van der Waals surface area contributed by atoms with Gasteiger partial charge >= 0.3 is 0 Å². The lowest BCUT2D eigenvalue weighted by atomic mass is 10.2. The number of aromatic nitrogens is 1. The van der Waals surface area contributed by atoms with E-state index in [1.54, 1.807) is 12.3 Å². The molecule has 0 spiro atoms. The second-order valence-corrected chi connectivity index (χ2v) is 3.91. The molecule has 0 aliphatic carbocycles. The van der Waals surface area contributed by atoms with Gasteiger partial charge in [-0.15, -0.1) is 0 Å². The van der Waals surface area contributed by atoms with Gasteiger partial charge in [0.2, 0.25) is 0 Å². The van der Waals surface area contributed by atoms with Crippen LogP contribution in [-0.2, 0) is 0 Å². The molecule has 1 aromatic heterocycles. The van der Waals surface area contributed by atoms with Gasteiger partial charge in [0.15, 0.2) is 0 Å². The number of carbonyl (C=O) groups is 1. The van der Waals surface area contributed by atoms with Crippen molar-refractivity contribution in [2.24, 2.45) is 5.73 Å². The summed E-state index contributed by atoms with van der Waals surface area (Å²) >= 11 is 0. The highest BCUT2D eigenvalue weighted by molar-refractivity contribution is 5.93. The standard InChI is InChI=1S/C12H20N4O/c1-3-14-12(17)11-8-10(5-7-15-11)16-9(2)4-6-13/h5,7-9H,3-4,6,13H2,1-2H3,(H,14,17)(H,15,16). The summed E-state index contributed by atoms with van der Waals surface area (Å²) in [4.78, 5) is 15.6. The Hall–Kier alpha value is -1.62. The highest BCUT2D eigenvalue weighted by Crippen LogP contribution is 2.10. The molecule has 0 fully saturated rings. The van der Waals surface area contributed by atoms with Crippen LogP contribution in [0.3, 0.4) is 0 Å². The fourth-order valence-corrected chi connectivity index (χ4v) is 1.50. The Morgan fingerprint density at radius 2 is 2.35 bits per heavy atom. The maximum atomic E-state index is 11.6. The van der Waals surface area contributed by atoms with Crippen molar-refractivity contribution in [3.63, 3.8) is 0 Å². The Morgan fingerprint density at radius 3 is 3.00 bits per heavy atom. The van der Waals surface area contributed by atoms with E-state index in [-0.39, 0.29) is 11.9 Å². The van der Waals surface area contributed by atoms with Gasteiger partial charge in [-0.25, -0.2) is 0 Å². The van der Waals surface area contributed by atoms with Crippen LogP contribution in [0.15, 0.2) is 18.3 Å². The summed E-state index contributed by atoms with van der Waals surface area (Å²) in [6.07, 6.45) is 2.51. The van der Waals surface area contributed by atoms with Gasteiger partial charge in [0.05, 0.1) is 0 Å². The average molecular weight is 236 g/mol. The van der Waals surface area contributed by atoms with Crippen molar-refractivity contribution >= 4 is 11.6 Å². The van der Waals surface area contributed by atoms with Crippen molar-refractivity contribution < 1.29 is 4.79 Å². The van der Waals surface area contributed by atoms with Gasteiger partial charge in [-0.1, -0.05) is 0 Å². The van der Waals surface area contributed by atoms with Crippen molar-refractivity contribution in [2.45, 2.75) is 26.3 Å². The number of carbonyl (C=O) groups excluding carboxylic acids is 1. The second kappa shape index (κ2) is 6.85. The van der Waals surface area contributed by atoms with Crippen molar-refractivity contribution in [1.29, 1.82) is 0 Å². The Kier molecular flexibility index (Phi) is 5.42. The van der Waals surface area contributed by atoms with Gasteiger partial charge < -0.3 is 16.4 Å². The van der Waals surface area contributed by atoms with E-state index in [0.717, 1.165) is 12.1 Å². The van der Waals surface area contributed by atoms with Crippen molar-refractivity contribution in [2.75, 3.05) is 18.4 Å². The van der Waals surface area contributed by atoms with Gasteiger partial charge in [-0.3, -0.25) is 9.78 Å². The Morgan fingerprint density at radius 1 is 1.59 bits per heavy atom. The Labute approximate surface area is 102 Å². The summed E-state index contributed by atoms with van der Waals surface area (Å²) in [5, 5.41) is 6.00. The molecule has 0 radical (unpaired) electrons. The van der Waals surface area contributed by atoms with Crippen LogP contribution in [0.25, 0.3) is 0 Å². The van der Waals surface area contributed by atoms with E-state index in [9.17, 15) is 4.79 Å². The van der Waals surface area contributed by atoms with E-state index in [1.807, 2.05) is 13.0 Å². The monoisotopic (exact) mass is 236 g/mol. The molecule has 1 heterocycles. The third kappa shape index (κ3) is 4.40. The molecule has 17 heavy (non-hydrogen) atoms. The maximum absolute atomic E-state index is 11.6. The first-order chi connectivity index (χ1) is 8.17. The van der Waals surface area contributed by atoms with Crippen LogP contribution in [0.1, 0.15) is 30.8 Å². The predicted octanol–water partition coefficient (Wildman–Crippen LogP) is 0.980. The van der Waals surface area contributed by atoms with Crippen LogP contribution < -0.4 is 16.4 Å². The number of hydrogen-bond acceptors (Lipinski definition) is 4. The molecular weight excluding hydrogens is 216 g/mol. The normalized spacial score (nSPS) is 11.9. The maximum Gasteiger partial charge on any atom is 0.269 e. The first kappa shape index (κ1) is 13.4. The van der Waals surface area contributed by atoms with E-state index in [0.29, 0.717) is 18.8 Å². The van der Waals surface area contributed by atoms with Gasteiger partial charge in [0.25, 0.3) is 5.91 Å². The smallest absolute Gasteiger partial charge is 0.269 e. The van der Waals surface area contributed by atoms with Crippen molar-refractivity contribution in [1.82, 2.24) is 10.3 Å². The average Bonchev–Trinajstić information content (AvgIpc) is 2.30. The van der Waals surface area contributed by atoms with Gasteiger partial charge in [0.1, 0.15) is 5.69 Å². The zero-order valence-electron chi connectivity index (χ0n) is 10.4. The molecule has 1 aromatic rings. The highest BCUT2D eigenvalue weighted by Gasteiger charge is 2.07. The summed E-state index contributed by atoms with van der Waals surface area (Å²) < 4.78 is 0. The predicted molar refractivity (Wildman–Crippen MR) is 69.0 cm³/mol. The van der Waals surface area contributed by atoms with E-state index in [2.05, 4.69) is 22.5 Å². The molecule has 0 saturated carbocycles. The number of nitrogens with two attached hydrogens (primary N) is 1. The fourth-order valence-electron chi connectivity index (χ4n) is 1.50. The summed E-state index contributed by atoms with van der Waals surface area (Å²) in [6.45, 7) is 5.17. The highest BCUT2D eigenvalue weighted by atomic mass is 16.1. The Balaban J connectivity index is 2.68. The quantitative estimate of drug-likeness (QED) is 0.688. The molecule has 5 heteroatoms. The molecule has 1 rings (SSSR count). The molecule has 1 unspecified atom stereocenters. The minimum Gasteiger partial charge on any atom is -0.382 e. The molecule has 1 amide bonds. The first-order valence-corrected chi connectivity index (χ1v) is 5.88. The van der Waals surface area contributed by atoms with Gasteiger partial charge in [0, 0.05) is 24.5 Å². The topological polar surface area (TPSA) is 80.0 Å². The molecule has 0 bridgehead atoms. The summed E-state index contributed by atoms with van der Waals surface area (Å²) in [7, 11) is 0. The Bertz CT molecular complexity index is 367. The van der Waals surface area contributed by atoms with Crippen LogP contribution in [0.2, 0.25) is 0 Å². The first-order valence-electron chi connectivity index (χ1n) is 5.88. The molecule has 94 valence electrons. The number of nitrogens with one attached hydrogen (secondary N) is 2. The van der Waals surface area contributed by atoms with E-state index in [4.69, 9.17) is 5.73 Å². The fraction of sp³-hybridized carbons (Fsp3) is 0.500. The van der Waals surface area contributed by atoms with Crippen molar-refractivity contribution in [3.05, 3.63) is 24.0 Å². The molecule has 1 atom stereocenters. The number of rotatable bonds is 6. The van der Waals surface area contributed by atoms with Crippen LogP contribution >= 0.6 is 0 Å². The zero-order chi connectivity index (χ0) is 12.7. The lowest BCUT2D eigenvalue weighted by Gasteiger charge is -2.14. The molecule has 4 N–H and O–H groups in total.